The van der Waals surface area contributed by atoms with Crippen molar-refractivity contribution in [2.24, 2.45) is 5.92 Å². The van der Waals surface area contributed by atoms with Crippen molar-refractivity contribution in [2.75, 3.05) is 26.3 Å². The summed E-state index contributed by atoms with van der Waals surface area (Å²) in [5.41, 5.74) is 5.64. The molecule has 1 aliphatic heterocycles. The molecule has 2 unspecified atom stereocenters. The molecule has 1 saturated heterocycles. The van der Waals surface area contributed by atoms with Gasteiger partial charge in [0.15, 0.2) is 0 Å². The molecule has 2 heterocycles. The molecule has 2 aliphatic rings. The van der Waals surface area contributed by atoms with E-state index in [0.717, 1.165) is 41.8 Å². The maximum Gasteiger partial charge on any atom is 0.338 e. The van der Waals surface area contributed by atoms with E-state index in [0.29, 0.717) is 38.4 Å². The number of aromatic nitrogens is 1. The van der Waals surface area contributed by atoms with Gasteiger partial charge in [-0.1, -0.05) is 103 Å². The Labute approximate surface area is 277 Å². The van der Waals surface area contributed by atoms with Gasteiger partial charge in [0, 0.05) is 41.5 Å². The lowest BCUT2D eigenvalue weighted by atomic mass is 9.69. The summed E-state index contributed by atoms with van der Waals surface area (Å²) >= 11 is 0. The van der Waals surface area contributed by atoms with E-state index >= 15 is 0 Å². The highest BCUT2D eigenvalue weighted by atomic mass is 16.5. The van der Waals surface area contributed by atoms with Crippen LogP contribution in [0.15, 0.2) is 128 Å². The number of benzene rings is 4. The number of carbonyl (C=O) groups excluding carboxylic acids is 1. The van der Waals surface area contributed by atoms with Gasteiger partial charge < -0.3 is 19.2 Å². The van der Waals surface area contributed by atoms with E-state index in [1.807, 2.05) is 72.8 Å². The summed E-state index contributed by atoms with van der Waals surface area (Å²) in [7, 11) is 0. The molecule has 4 aromatic carbocycles. The monoisotopic (exact) mass is 626 g/mol. The number of ether oxygens (including phenoxy) is 3. The summed E-state index contributed by atoms with van der Waals surface area (Å²) in [6.45, 7) is 7.47. The van der Waals surface area contributed by atoms with Gasteiger partial charge in [0.05, 0.1) is 37.4 Å². The maximum atomic E-state index is 13.7. The molecule has 0 spiro atoms. The molecule has 6 heteroatoms. The first-order valence-electron chi connectivity index (χ1n) is 16.6. The van der Waals surface area contributed by atoms with Gasteiger partial charge in [0.2, 0.25) is 0 Å². The number of fused-ring (bicyclic) bond motifs is 7. The van der Waals surface area contributed by atoms with Crippen LogP contribution < -0.4 is 0 Å². The fourth-order valence-electron chi connectivity index (χ4n) is 7.75. The average Bonchev–Trinajstić information content (AvgIpc) is 3.36. The van der Waals surface area contributed by atoms with E-state index in [4.69, 9.17) is 14.2 Å². The summed E-state index contributed by atoms with van der Waals surface area (Å²) in [5.74, 6) is -0.371. The predicted molar refractivity (Wildman–Crippen MR) is 185 cm³/mol. The molecule has 3 atom stereocenters. The lowest BCUT2D eigenvalue weighted by molar-refractivity contribution is -0.0607. The summed E-state index contributed by atoms with van der Waals surface area (Å²) in [4.78, 5) is 20.1. The Morgan fingerprint density at radius 3 is 2.06 bits per heavy atom. The van der Waals surface area contributed by atoms with Crippen molar-refractivity contribution >= 4 is 16.9 Å². The van der Waals surface area contributed by atoms with E-state index in [1.165, 1.54) is 10.9 Å². The Hall–Kier alpha value is -4.49. The largest absolute Gasteiger partial charge is 0.458 e. The molecular weight excluding hydrogens is 584 g/mol. The van der Waals surface area contributed by atoms with Crippen LogP contribution in [0.3, 0.4) is 0 Å². The van der Waals surface area contributed by atoms with Crippen molar-refractivity contribution in [3.05, 3.63) is 156 Å². The Morgan fingerprint density at radius 2 is 1.43 bits per heavy atom. The molecule has 2 bridgehead atoms. The first kappa shape index (κ1) is 31.1. The first-order chi connectivity index (χ1) is 23.2. The zero-order valence-corrected chi connectivity index (χ0v) is 26.7. The van der Waals surface area contributed by atoms with Gasteiger partial charge in [-0.25, -0.2) is 4.79 Å². The molecule has 5 aromatic rings. The van der Waals surface area contributed by atoms with Gasteiger partial charge in [0.1, 0.15) is 6.10 Å². The maximum absolute atomic E-state index is 13.7. The number of hydrogen-bond donors (Lipinski definition) is 1. The summed E-state index contributed by atoms with van der Waals surface area (Å²) in [5, 5.41) is 1.19. The van der Waals surface area contributed by atoms with Crippen molar-refractivity contribution in [1.82, 2.24) is 9.88 Å². The van der Waals surface area contributed by atoms with Crippen LogP contribution in [0, 0.1) is 5.92 Å². The minimum atomic E-state index is -0.617. The van der Waals surface area contributed by atoms with Crippen molar-refractivity contribution < 1.29 is 19.0 Å². The number of rotatable bonds is 12. The van der Waals surface area contributed by atoms with Crippen LogP contribution in [0.4, 0.5) is 0 Å². The Morgan fingerprint density at radius 1 is 0.830 bits per heavy atom. The number of likely N-dealkylation sites (tertiary alicyclic amines) is 1. The predicted octanol–water partition coefficient (Wildman–Crippen LogP) is 8.02. The molecular formula is C41H42N2O4. The van der Waals surface area contributed by atoms with Crippen LogP contribution in [0.2, 0.25) is 0 Å². The summed E-state index contributed by atoms with van der Waals surface area (Å²) in [6.07, 6.45) is 3.11. The second-order valence-corrected chi connectivity index (χ2v) is 12.8. The number of carbonyl (C=O) groups is 1. The van der Waals surface area contributed by atoms with Crippen molar-refractivity contribution in [3.8, 4) is 0 Å². The number of esters is 1. The minimum Gasteiger partial charge on any atom is -0.458 e. The third-order valence-corrected chi connectivity index (χ3v) is 9.93. The summed E-state index contributed by atoms with van der Waals surface area (Å²) < 4.78 is 20.0. The highest BCUT2D eigenvalue weighted by Gasteiger charge is 2.54. The number of aromatic amines is 1. The van der Waals surface area contributed by atoms with Gasteiger partial charge in [-0.15, -0.1) is 6.58 Å². The smallest absolute Gasteiger partial charge is 0.338 e. The highest BCUT2D eigenvalue weighted by molar-refractivity contribution is 5.89. The zero-order valence-electron chi connectivity index (χ0n) is 26.7. The average molecular weight is 627 g/mol. The molecule has 240 valence electrons. The second-order valence-electron chi connectivity index (χ2n) is 12.8. The van der Waals surface area contributed by atoms with Crippen LogP contribution >= 0.6 is 0 Å². The van der Waals surface area contributed by atoms with Crippen LogP contribution in [-0.2, 0) is 32.8 Å². The first-order valence-corrected chi connectivity index (χ1v) is 16.6. The number of H-pyrrole nitrogens is 1. The third kappa shape index (κ3) is 6.41. The fraction of sp³-hybridized carbons (Fsp3) is 0.293. The Balaban J connectivity index is 1.35. The second kappa shape index (κ2) is 14.1. The van der Waals surface area contributed by atoms with Gasteiger partial charge in [-0.05, 0) is 47.9 Å². The Kier molecular flexibility index (Phi) is 9.34. The summed E-state index contributed by atoms with van der Waals surface area (Å²) in [6, 6.07) is 38.4. The van der Waals surface area contributed by atoms with Crippen LogP contribution in [0.5, 0.6) is 0 Å². The zero-order chi connectivity index (χ0) is 32.1. The van der Waals surface area contributed by atoms with E-state index in [1.54, 1.807) is 0 Å². The third-order valence-electron chi connectivity index (χ3n) is 9.93. The molecule has 1 fully saturated rings. The van der Waals surface area contributed by atoms with Crippen LogP contribution in [-0.4, -0.2) is 48.3 Å². The molecule has 6 nitrogen and oxygen atoms in total. The lowest BCUT2D eigenvalue weighted by Gasteiger charge is -2.43. The molecule has 7 rings (SSSR count). The Bertz CT molecular complexity index is 1740. The normalized spacial score (nSPS) is 20.3. The SMILES string of the molecule is C=CCN1CC[C@@H]2C(OC(=O)c3ccccc3)CC1c1c([nH]c3ccccc13)C2(COCc1ccccc1)COCc1ccccc1. The molecule has 47 heavy (non-hydrogen) atoms. The molecule has 1 aliphatic carbocycles. The van der Waals surface area contributed by atoms with E-state index in [9.17, 15) is 4.79 Å². The molecule has 1 N–H and O–H groups in total. The fourth-order valence-corrected chi connectivity index (χ4v) is 7.75. The molecule has 0 saturated carbocycles. The van der Waals surface area contributed by atoms with Gasteiger partial charge in [0.25, 0.3) is 0 Å². The topological polar surface area (TPSA) is 63.8 Å². The van der Waals surface area contributed by atoms with Crippen molar-refractivity contribution in [3.63, 3.8) is 0 Å². The number of nitrogens with zero attached hydrogens (tertiary/aromatic N) is 1. The number of para-hydroxylation sites is 1. The number of nitrogens with one attached hydrogen (secondary N) is 1. The lowest BCUT2D eigenvalue weighted by Crippen LogP contribution is -2.50. The highest BCUT2D eigenvalue weighted by Crippen LogP contribution is 2.52. The van der Waals surface area contributed by atoms with E-state index < -0.39 is 5.41 Å². The van der Waals surface area contributed by atoms with Crippen LogP contribution in [0.1, 0.15) is 51.6 Å². The van der Waals surface area contributed by atoms with E-state index in [-0.39, 0.29) is 24.0 Å². The van der Waals surface area contributed by atoms with Crippen LogP contribution in [0.25, 0.3) is 10.9 Å². The minimum absolute atomic E-state index is 0.0165. The molecule has 1 aromatic heterocycles. The van der Waals surface area contributed by atoms with E-state index in [2.05, 4.69) is 65.0 Å². The van der Waals surface area contributed by atoms with Crippen molar-refractivity contribution in [2.45, 2.75) is 43.6 Å². The molecule has 0 radical (unpaired) electrons. The van der Waals surface area contributed by atoms with Gasteiger partial charge >= 0.3 is 5.97 Å². The van der Waals surface area contributed by atoms with Gasteiger partial charge in [-0.2, -0.15) is 0 Å². The van der Waals surface area contributed by atoms with Crippen molar-refractivity contribution in [1.29, 1.82) is 0 Å². The van der Waals surface area contributed by atoms with Gasteiger partial charge in [-0.3, -0.25) is 4.90 Å². The standard InChI is InChI=1S/C41H42N2O4/c1-2-23-43-24-22-34-37(47-40(44)32-18-10-5-11-19-32)25-36(43)38-33-20-12-13-21-35(33)42-39(38)41(34,28-45-26-30-14-6-3-7-15-30)29-46-27-31-16-8-4-9-17-31/h2-21,34,36-37,42H,1,22-29H2/t34-,36?,37?/m1/s1. The molecule has 0 amide bonds. The number of hydrogen-bond acceptors (Lipinski definition) is 5. The quantitative estimate of drug-likeness (QED) is 0.112.